The fraction of sp³-hybridized carbons (Fsp3) is 0. The Labute approximate surface area is 87.0 Å². The Balaban J connectivity index is 3.46. The summed E-state index contributed by atoms with van der Waals surface area (Å²) in [6, 6.07) is 1.41. The number of phenolic OH excluding ortho intramolecular Hbond substituents is 1. The highest BCUT2D eigenvalue weighted by atomic mass is 79.9. The molecule has 0 radical (unpaired) electrons. The number of aromatic hydroxyl groups is 1. The maximum atomic E-state index is 9.16. The van der Waals surface area contributed by atoms with Crippen molar-refractivity contribution in [2.75, 3.05) is 0 Å². The lowest BCUT2D eigenvalue weighted by Crippen LogP contribution is -1.75. The summed E-state index contributed by atoms with van der Waals surface area (Å²) in [6.45, 7) is 0. The summed E-state index contributed by atoms with van der Waals surface area (Å²) >= 11 is 19.9. The third-order valence-corrected chi connectivity index (χ3v) is 3.32. The van der Waals surface area contributed by atoms with Gasteiger partial charge in [0.2, 0.25) is 0 Å². The van der Waals surface area contributed by atoms with E-state index in [4.69, 9.17) is 39.9 Å². The van der Waals surface area contributed by atoms with E-state index in [1.165, 1.54) is 6.07 Å². The molecular formula is C6H2BrCl3O. The molecule has 0 spiro atoms. The van der Waals surface area contributed by atoms with E-state index in [-0.39, 0.29) is 15.8 Å². The SMILES string of the molecule is Oc1c(Cl)cc(Cl)c(Br)c1Cl. The molecule has 0 heterocycles. The van der Waals surface area contributed by atoms with Gasteiger partial charge in [-0.1, -0.05) is 34.8 Å². The zero-order valence-corrected chi connectivity index (χ0v) is 8.89. The average molecular weight is 276 g/mol. The van der Waals surface area contributed by atoms with Crippen molar-refractivity contribution in [2.45, 2.75) is 0 Å². The second kappa shape index (κ2) is 3.40. The highest BCUT2D eigenvalue weighted by Crippen LogP contribution is 2.41. The van der Waals surface area contributed by atoms with Gasteiger partial charge in [0.25, 0.3) is 0 Å². The third-order valence-electron chi connectivity index (χ3n) is 1.09. The Morgan fingerprint density at radius 1 is 1.18 bits per heavy atom. The molecule has 1 aromatic rings. The van der Waals surface area contributed by atoms with Gasteiger partial charge in [-0.15, -0.1) is 0 Å². The van der Waals surface area contributed by atoms with Crippen molar-refractivity contribution in [3.63, 3.8) is 0 Å². The lowest BCUT2D eigenvalue weighted by atomic mass is 10.3. The zero-order valence-electron chi connectivity index (χ0n) is 5.04. The van der Waals surface area contributed by atoms with Crippen molar-refractivity contribution in [1.82, 2.24) is 0 Å². The highest BCUT2D eigenvalue weighted by Gasteiger charge is 2.11. The Morgan fingerprint density at radius 2 is 1.73 bits per heavy atom. The van der Waals surface area contributed by atoms with E-state index in [1.807, 2.05) is 0 Å². The average Bonchev–Trinajstić information content (AvgIpc) is 1.97. The fourth-order valence-corrected chi connectivity index (χ4v) is 1.62. The van der Waals surface area contributed by atoms with Crippen molar-refractivity contribution in [1.29, 1.82) is 0 Å². The molecule has 0 bridgehead atoms. The molecule has 0 aromatic heterocycles. The van der Waals surface area contributed by atoms with Crippen LogP contribution in [0.25, 0.3) is 0 Å². The Kier molecular flexibility index (Phi) is 2.92. The van der Waals surface area contributed by atoms with Crippen LogP contribution >= 0.6 is 50.7 Å². The van der Waals surface area contributed by atoms with Gasteiger partial charge in [-0.25, -0.2) is 0 Å². The van der Waals surface area contributed by atoms with Crippen LogP contribution in [0, 0.1) is 0 Å². The van der Waals surface area contributed by atoms with E-state index >= 15 is 0 Å². The van der Waals surface area contributed by atoms with Crippen molar-refractivity contribution < 1.29 is 5.11 Å². The first-order valence-corrected chi connectivity index (χ1v) is 4.48. The van der Waals surface area contributed by atoms with Crippen LogP contribution in [0.15, 0.2) is 10.5 Å². The molecule has 0 fully saturated rings. The van der Waals surface area contributed by atoms with Crippen LogP contribution < -0.4 is 0 Å². The van der Waals surface area contributed by atoms with Crippen LogP contribution in [0.5, 0.6) is 5.75 Å². The number of rotatable bonds is 0. The van der Waals surface area contributed by atoms with Crippen LogP contribution in [-0.2, 0) is 0 Å². The van der Waals surface area contributed by atoms with E-state index in [1.54, 1.807) is 0 Å². The molecule has 1 nitrogen and oxygen atoms in total. The molecule has 0 aliphatic heterocycles. The summed E-state index contributed by atoms with van der Waals surface area (Å²) < 4.78 is 0.447. The molecule has 0 aliphatic rings. The van der Waals surface area contributed by atoms with E-state index in [9.17, 15) is 0 Å². The summed E-state index contributed by atoms with van der Waals surface area (Å²) in [7, 11) is 0. The Morgan fingerprint density at radius 3 is 2.27 bits per heavy atom. The van der Waals surface area contributed by atoms with Gasteiger partial charge in [-0.2, -0.15) is 0 Å². The first-order valence-electron chi connectivity index (χ1n) is 2.56. The van der Waals surface area contributed by atoms with Crippen molar-refractivity contribution in [2.24, 2.45) is 0 Å². The number of phenols is 1. The molecule has 0 atom stereocenters. The Hall–Kier alpha value is 0.370. The maximum Gasteiger partial charge on any atom is 0.154 e. The molecule has 0 saturated carbocycles. The van der Waals surface area contributed by atoms with Gasteiger partial charge in [0.15, 0.2) is 5.75 Å². The van der Waals surface area contributed by atoms with Crippen molar-refractivity contribution >= 4 is 50.7 Å². The third kappa shape index (κ3) is 1.75. The van der Waals surface area contributed by atoms with Gasteiger partial charge < -0.3 is 5.11 Å². The van der Waals surface area contributed by atoms with Crippen LogP contribution in [0.1, 0.15) is 0 Å². The van der Waals surface area contributed by atoms with E-state index in [0.717, 1.165) is 0 Å². The normalized spacial score (nSPS) is 10.2. The first-order chi connectivity index (χ1) is 5.04. The van der Waals surface area contributed by atoms with E-state index < -0.39 is 0 Å². The van der Waals surface area contributed by atoms with Crippen LogP contribution in [0.3, 0.4) is 0 Å². The molecule has 11 heavy (non-hydrogen) atoms. The lowest BCUT2D eigenvalue weighted by Gasteiger charge is -2.03. The van der Waals surface area contributed by atoms with E-state index in [2.05, 4.69) is 15.9 Å². The van der Waals surface area contributed by atoms with Gasteiger partial charge in [0, 0.05) is 0 Å². The molecule has 0 amide bonds. The predicted molar refractivity (Wildman–Crippen MR) is 50.8 cm³/mol. The molecule has 1 aromatic carbocycles. The molecule has 60 valence electrons. The van der Waals surface area contributed by atoms with Crippen molar-refractivity contribution in [3.8, 4) is 5.75 Å². The number of halogens is 4. The first kappa shape index (κ1) is 9.46. The second-order valence-electron chi connectivity index (χ2n) is 1.82. The van der Waals surface area contributed by atoms with Crippen LogP contribution in [-0.4, -0.2) is 5.11 Å². The lowest BCUT2D eigenvalue weighted by molar-refractivity contribution is 0.475. The highest BCUT2D eigenvalue weighted by molar-refractivity contribution is 9.10. The number of hydrogen-bond acceptors (Lipinski definition) is 1. The summed E-state index contributed by atoms with van der Waals surface area (Å²) in [5.41, 5.74) is 0. The molecular weight excluding hydrogens is 274 g/mol. The minimum absolute atomic E-state index is 0.127. The maximum absolute atomic E-state index is 9.16. The van der Waals surface area contributed by atoms with Crippen LogP contribution in [0.4, 0.5) is 0 Å². The van der Waals surface area contributed by atoms with Gasteiger partial charge in [0.1, 0.15) is 0 Å². The molecule has 0 saturated heterocycles. The number of benzene rings is 1. The quantitative estimate of drug-likeness (QED) is 0.558. The molecule has 0 aliphatic carbocycles. The summed E-state index contributed by atoms with van der Waals surface area (Å²) in [5.74, 6) is -0.162. The Bertz CT molecular complexity index is 274. The summed E-state index contributed by atoms with van der Waals surface area (Å²) in [4.78, 5) is 0. The molecule has 1 rings (SSSR count). The monoisotopic (exact) mass is 274 g/mol. The van der Waals surface area contributed by atoms with Gasteiger partial charge >= 0.3 is 0 Å². The fourth-order valence-electron chi connectivity index (χ4n) is 0.557. The molecule has 5 heteroatoms. The van der Waals surface area contributed by atoms with Gasteiger partial charge in [0.05, 0.1) is 19.5 Å². The van der Waals surface area contributed by atoms with E-state index in [0.29, 0.717) is 9.50 Å². The predicted octanol–water partition coefficient (Wildman–Crippen LogP) is 4.11. The van der Waals surface area contributed by atoms with Crippen molar-refractivity contribution in [3.05, 3.63) is 25.6 Å². The molecule has 1 N–H and O–H groups in total. The zero-order chi connectivity index (χ0) is 8.59. The smallest absolute Gasteiger partial charge is 0.154 e. The summed E-state index contributed by atoms with van der Waals surface area (Å²) in [6.07, 6.45) is 0. The van der Waals surface area contributed by atoms with Gasteiger partial charge in [-0.05, 0) is 22.0 Å². The molecule has 0 unspecified atom stereocenters. The minimum atomic E-state index is -0.162. The second-order valence-corrected chi connectivity index (χ2v) is 3.80. The topological polar surface area (TPSA) is 20.2 Å². The number of hydrogen-bond donors (Lipinski definition) is 1. The summed E-state index contributed by atoms with van der Waals surface area (Å²) in [5, 5.41) is 9.80. The largest absolute Gasteiger partial charge is 0.505 e. The minimum Gasteiger partial charge on any atom is -0.505 e. The standard InChI is InChI=1S/C6H2BrCl3O/c7-4-2(8)1-3(9)6(11)5(4)10/h1,11H. The van der Waals surface area contributed by atoms with Gasteiger partial charge in [-0.3, -0.25) is 0 Å². The van der Waals surface area contributed by atoms with Crippen LogP contribution in [0.2, 0.25) is 15.1 Å².